The van der Waals surface area contributed by atoms with Crippen LogP contribution in [0, 0.1) is 0 Å². The fourth-order valence-electron chi connectivity index (χ4n) is 4.04. The van der Waals surface area contributed by atoms with Crippen LogP contribution in [-0.2, 0) is 0 Å². The summed E-state index contributed by atoms with van der Waals surface area (Å²) in [7, 11) is 3.05. The molecule has 1 aliphatic heterocycles. The van der Waals surface area contributed by atoms with Crippen molar-refractivity contribution in [2.45, 2.75) is 12.8 Å². The number of amides is 3. The molecule has 0 fully saturated rings. The third-order valence-corrected chi connectivity index (χ3v) is 6.13. The van der Waals surface area contributed by atoms with E-state index < -0.39 is 0 Å². The summed E-state index contributed by atoms with van der Waals surface area (Å²) in [6.45, 7) is 0.658. The number of methoxy groups -OCH3 is 2. The van der Waals surface area contributed by atoms with Crippen LogP contribution in [0.5, 0.6) is 11.5 Å². The van der Waals surface area contributed by atoms with Gasteiger partial charge >= 0.3 is 0 Å². The van der Waals surface area contributed by atoms with Crippen LogP contribution < -0.4 is 14.4 Å². The minimum Gasteiger partial charge on any atom is -0.497 e. The first-order valence-corrected chi connectivity index (χ1v) is 11.6. The Morgan fingerprint density at radius 2 is 1.43 bits per heavy atom. The molecule has 3 amide bonds. The Labute approximate surface area is 208 Å². The van der Waals surface area contributed by atoms with Crippen molar-refractivity contribution in [3.63, 3.8) is 0 Å². The number of imide groups is 1. The van der Waals surface area contributed by atoms with Gasteiger partial charge in [0.2, 0.25) is 0 Å². The molecule has 0 spiro atoms. The summed E-state index contributed by atoms with van der Waals surface area (Å²) in [6, 6.07) is 18.9. The number of ether oxygens (including phenoxy) is 2. The maximum absolute atomic E-state index is 13.5. The van der Waals surface area contributed by atoms with Gasteiger partial charge in [-0.3, -0.25) is 19.3 Å². The molecule has 3 aromatic carbocycles. The van der Waals surface area contributed by atoms with Crippen LogP contribution in [0.25, 0.3) is 0 Å². The lowest BCUT2D eigenvalue weighted by Crippen LogP contribution is -2.34. The van der Waals surface area contributed by atoms with Crippen molar-refractivity contribution in [3.05, 3.63) is 88.4 Å². The molecule has 180 valence electrons. The highest BCUT2D eigenvalue weighted by Gasteiger charge is 2.34. The number of carbonyl (C=O) groups is 3. The zero-order chi connectivity index (χ0) is 24.9. The Morgan fingerprint density at radius 1 is 0.857 bits per heavy atom. The molecule has 1 heterocycles. The van der Waals surface area contributed by atoms with E-state index >= 15 is 0 Å². The molecule has 0 bridgehead atoms. The molecule has 4 rings (SSSR count). The summed E-state index contributed by atoms with van der Waals surface area (Å²) < 4.78 is 10.6. The Hall–Kier alpha value is -3.84. The molecule has 0 N–H and O–H groups in total. The Balaban J connectivity index is 1.48. The van der Waals surface area contributed by atoms with E-state index in [2.05, 4.69) is 0 Å². The van der Waals surface area contributed by atoms with Crippen LogP contribution in [0.1, 0.15) is 43.9 Å². The van der Waals surface area contributed by atoms with Gasteiger partial charge in [-0.25, -0.2) is 0 Å². The second kappa shape index (κ2) is 10.6. The van der Waals surface area contributed by atoms with Crippen LogP contribution in [-0.4, -0.2) is 49.9 Å². The maximum atomic E-state index is 13.5. The van der Waals surface area contributed by atoms with Gasteiger partial charge in [0.1, 0.15) is 11.5 Å². The summed E-state index contributed by atoms with van der Waals surface area (Å²) in [4.78, 5) is 41.7. The molecule has 0 radical (unpaired) electrons. The smallest absolute Gasteiger partial charge is 0.261 e. The molecular formula is C27H25ClN2O5. The van der Waals surface area contributed by atoms with Gasteiger partial charge in [-0.1, -0.05) is 23.7 Å². The predicted octanol–water partition coefficient (Wildman–Crippen LogP) is 5.08. The summed E-state index contributed by atoms with van der Waals surface area (Å²) in [5.41, 5.74) is 1.96. The number of halogens is 1. The Morgan fingerprint density at radius 3 is 1.97 bits per heavy atom. The van der Waals surface area contributed by atoms with E-state index in [4.69, 9.17) is 21.1 Å². The molecule has 7 nitrogen and oxygen atoms in total. The largest absolute Gasteiger partial charge is 0.497 e. The van der Waals surface area contributed by atoms with Crippen molar-refractivity contribution in [1.29, 1.82) is 0 Å². The summed E-state index contributed by atoms with van der Waals surface area (Å²) in [6.07, 6.45) is 1.12. The Bertz CT molecular complexity index is 1200. The molecule has 0 unspecified atom stereocenters. The highest BCUT2D eigenvalue weighted by atomic mass is 35.5. The normalized spacial score (nSPS) is 12.5. The van der Waals surface area contributed by atoms with Crippen molar-refractivity contribution in [3.8, 4) is 11.5 Å². The number of anilines is 1. The van der Waals surface area contributed by atoms with Crippen molar-refractivity contribution >= 4 is 35.0 Å². The molecule has 1 aliphatic rings. The molecule has 0 saturated heterocycles. The number of unbranched alkanes of at least 4 members (excludes halogenated alkanes) is 1. The standard InChI is InChI=1S/C27H25ClN2O5/c1-34-21-15-18(16-22(17-21)35-2)25(31)29(20-11-9-19(28)10-12-20)13-5-6-14-30-26(32)23-7-3-4-8-24(23)27(30)33/h3-4,7-12,15-17H,5-6,13-14H2,1-2H3. The second-order valence-electron chi connectivity index (χ2n) is 8.05. The molecule has 0 aromatic heterocycles. The van der Waals surface area contributed by atoms with Crippen LogP contribution in [0.2, 0.25) is 5.02 Å². The first kappa shape index (κ1) is 24.3. The molecular weight excluding hydrogens is 468 g/mol. The van der Waals surface area contributed by atoms with Gasteiger partial charge in [0, 0.05) is 35.4 Å². The number of fused-ring (bicyclic) bond motifs is 1. The van der Waals surface area contributed by atoms with E-state index in [0.29, 0.717) is 58.3 Å². The van der Waals surface area contributed by atoms with Gasteiger partial charge in [-0.2, -0.15) is 0 Å². The number of carbonyl (C=O) groups excluding carboxylic acids is 3. The fraction of sp³-hybridized carbons (Fsp3) is 0.222. The lowest BCUT2D eigenvalue weighted by Gasteiger charge is -2.24. The summed E-state index contributed by atoms with van der Waals surface area (Å²) in [5, 5.41) is 0.565. The molecule has 35 heavy (non-hydrogen) atoms. The molecule has 8 heteroatoms. The minimum atomic E-state index is -0.278. The van der Waals surface area contributed by atoms with Crippen LogP contribution in [0.15, 0.2) is 66.7 Å². The van der Waals surface area contributed by atoms with Crippen molar-refractivity contribution in [1.82, 2.24) is 4.90 Å². The van der Waals surface area contributed by atoms with E-state index in [1.54, 1.807) is 71.6 Å². The van der Waals surface area contributed by atoms with E-state index in [0.717, 1.165) is 0 Å². The number of hydrogen-bond acceptors (Lipinski definition) is 5. The van der Waals surface area contributed by atoms with Gasteiger partial charge in [0.25, 0.3) is 17.7 Å². The predicted molar refractivity (Wildman–Crippen MR) is 134 cm³/mol. The Kier molecular flexibility index (Phi) is 7.36. The third-order valence-electron chi connectivity index (χ3n) is 5.87. The zero-order valence-electron chi connectivity index (χ0n) is 19.5. The molecule has 0 atom stereocenters. The van der Waals surface area contributed by atoms with Crippen LogP contribution in [0.3, 0.4) is 0 Å². The first-order valence-electron chi connectivity index (χ1n) is 11.2. The second-order valence-corrected chi connectivity index (χ2v) is 8.49. The lowest BCUT2D eigenvalue weighted by atomic mass is 10.1. The average molecular weight is 493 g/mol. The SMILES string of the molecule is COc1cc(OC)cc(C(=O)N(CCCCN2C(=O)c3ccccc3C2=O)c2ccc(Cl)cc2)c1. The van der Waals surface area contributed by atoms with Gasteiger partial charge in [0.15, 0.2) is 0 Å². The van der Waals surface area contributed by atoms with Crippen LogP contribution >= 0.6 is 11.6 Å². The first-order chi connectivity index (χ1) is 16.9. The monoisotopic (exact) mass is 492 g/mol. The van der Waals surface area contributed by atoms with E-state index in [9.17, 15) is 14.4 Å². The quantitative estimate of drug-likeness (QED) is 0.307. The van der Waals surface area contributed by atoms with Gasteiger partial charge < -0.3 is 14.4 Å². The third kappa shape index (κ3) is 5.15. The number of benzene rings is 3. The van der Waals surface area contributed by atoms with E-state index in [1.807, 2.05) is 0 Å². The minimum absolute atomic E-state index is 0.231. The topological polar surface area (TPSA) is 76.2 Å². The zero-order valence-corrected chi connectivity index (χ0v) is 20.2. The van der Waals surface area contributed by atoms with E-state index in [1.165, 1.54) is 19.1 Å². The number of rotatable bonds is 9. The lowest BCUT2D eigenvalue weighted by molar-refractivity contribution is 0.0651. The number of hydrogen-bond donors (Lipinski definition) is 0. The van der Waals surface area contributed by atoms with E-state index in [-0.39, 0.29) is 24.3 Å². The van der Waals surface area contributed by atoms with Gasteiger partial charge in [-0.15, -0.1) is 0 Å². The number of nitrogens with zero attached hydrogens (tertiary/aromatic N) is 2. The van der Waals surface area contributed by atoms with Crippen molar-refractivity contribution in [2.75, 3.05) is 32.2 Å². The molecule has 0 aliphatic carbocycles. The molecule has 0 saturated carbocycles. The molecule has 3 aromatic rings. The van der Waals surface area contributed by atoms with Crippen LogP contribution in [0.4, 0.5) is 5.69 Å². The average Bonchev–Trinajstić information content (AvgIpc) is 3.13. The maximum Gasteiger partial charge on any atom is 0.261 e. The van der Waals surface area contributed by atoms with Crippen molar-refractivity contribution < 1.29 is 23.9 Å². The van der Waals surface area contributed by atoms with Crippen molar-refractivity contribution in [2.24, 2.45) is 0 Å². The van der Waals surface area contributed by atoms with Gasteiger partial charge in [0.05, 0.1) is 25.3 Å². The highest BCUT2D eigenvalue weighted by molar-refractivity contribution is 6.30. The fourth-order valence-corrected chi connectivity index (χ4v) is 4.16. The summed E-state index contributed by atoms with van der Waals surface area (Å²) >= 11 is 6.05. The summed E-state index contributed by atoms with van der Waals surface area (Å²) in [5.74, 6) is 0.230. The van der Waals surface area contributed by atoms with Gasteiger partial charge in [-0.05, 0) is 61.4 Å². The highest BCUT2D eigenvalue weighted by Crippen LogP contribution is 2.27.